The molecular weight excluding hydrogens is 630 g/mol. The molecule has 16 heteroatoms. The SMILES string of the molecule is CCC(C)C(NC(=O)c1nc(-c2csc(-c3nc(-c4coc(C(NC(=O)C(=NO)C(C)C)C(C)C)n4)oc3C)n2)oc1C)C(=O)OC. The molecule has 0 saturated heterocycles. The summed E-state index contributed by atoms with van der Waals surface area (Å²) >= 11 is 1.28. The first-order valence-corrected chi connectivity index (χ1v) is 16.0. The summed E-state index contributed by atoms with van der Waals surface area (Å²) in [6, 6.07) is -1.44. The summed E-state index contributed by atoms with van der Waals surface area (Å²) in [5.74, 6) is -0.884. The molecule has 0 aliphatic carbocycles. The van der Waals surface area contributed by atoms with E-state index in [9.17, 15) is 19.6 Å². The van der Waals surface area contributed by atoms with Crippen molar-refractivity contribution in [2.24, 2.45) is 22.9 Å². The van der Waals surface area contributed by atoms with Crippen LogP contribution in [0.1, 0.15) is 81.9 Å². The highest BCUT2D eigenvalue weighted by Crippen LogP contribution is 2.34. The number of aryl methyl sites for hydroxylation is 2. The van der Waals surface area contributed by atoms with Crippen LogP contribution in [0, 0.1) is 31.6 Å². The van der Waals surface area contributed by atoms with Crippen molar-refractivity contribution in [2.45, 2.75) is 73.9 Å². The van der Waals surface area contributed by atoms with Crippen molar-refractivity contribution < 1.29 is 37.6 Å². The van der Waals surface area contributed by atoms with Crippen LogP contribution in [0.3, 0.4) is 0 Å². The molecule has 0 aliphatic rings. The summed E-state index contributed by atoms with van der Waals surface area (Å²) in [4.78, 5) is 56.1. The molecule has 3 atom stereocenters. The first kappa shape index (κ1) is 35.0. The Hall–Kier alpha value is -4.86. The summed E-state index contributed by atoms with van der Waals surface area (Å²) in [5, 5.41) is 20.2. The van der Waals surface area contributed by atoms with E-state index in [1.807, 2.05) is 27.7 Å². The predicted octanol–water partition coefficient (Wildman–Crippen LogP) is 5.34. The van der Waals surface area contributed by atoms with Gasteiger partial charge in [0.2, 0.25) is 17.7 Å². The van der Waals surface area contributed by atoms with Gasteiger partial charge in [-0.2, -0.15) is 0 Å². The lowest BCUT2D eigenvalue weighted by atomic mass is 9.99. The summed E-state index contributed by atoms with van der Waals surface area (Å²) < 4.78 is 22.2. The molecule has 15 nitrogen and oxygen atoms in total. The lowest BCUT2D eigenvalue weighted by molar-refractivity contribution is -0.144. The number of nitrogens with zero attached hydrogens (tertiary/aromatic N) is 5. The number of hydrogen-bond acceptors (Lipinski definition) is 14. The molecule has 252 valence electrons. The van der Waals surface area contributed by atoms with Gasteiger partial charge in [0, 0.05) is 11.3 Å². The molecule has 3 unspecified atom stereocenters. The van der Waals surface area contributed by atoms with Crippen LogP contribution in [0.5, 0.6) is 0 Å². The highest BCUT2D eigenvalue weighted by Gasteiger charge is 2.31. The van der Waals surface area contributed by atoms with Crippen LogP contribution < -0.4 is 10.6 Å². The van der Waals surface area contributed by atoms with Crippen molar-refractivity contribution in [1.82, 2.24) is 30.6 Å². The van der Waals surface area contributed by atoms with Crippen molar-refractivity contribution in [3.8, 4) is 33.9 Å². The number of carbonyl (C=O) groups excluding carboxylic acids is 3. The van der Waals surface area contributed by atoms with Crippen LogP contribution in [0.25, 0.3) is 33.9 Å². The van der Waals surface area contributed by atoms with Crippen molar-refractivity contribution in [3.05, 3.63) is 34.7 Å². The maximum absolute atomic E-state index is 13.0. The van der Waals surface area contributed by atoms with Gasteiger partial charge in [0.1, 0.15) is 52.0 Å². The maximum Gasteiger partial charge on any atom is 0.328 e. The lowest BCUT2D eigenvalue weighted by Crippen LogP contribution is -2.45. The number of esters is 1. The molecule has 0 spiro atoms. The number of ether oxygens (including phenoxy) is 1. The predicted molar refractivity (Wildman–Crippen MR) is 171 cm³/mol. The van der Waals surface area contributed by atoms with Crippen LogP contribution in [0.2, 0.25) is 0 Å². The minimum Gasteiger partial charge on any atom is -0.467 e. The molecule has 47 heavy (non-hydrogen) atoms. The number of rotatable bonds is 13. The zero-order valence-electron chi connectivity index (χ0n) is 27.7. The molecule has 4 aromatic rings. The second-order valence-electron chi connectivity index (χ2n) is 11.7. The maximum atomic E-state index is 13.0. The molecule has 0 aliphatic heterocycles. The van der Waals surface area contributed by atoms with Crippen molar-refractivity contribution in [3.63, 3.8) is 0 Å². The number of thiazole rings is 1. The fraction of sp³-hybridized carbons (Fsp3) is 0.484. The van der Waals surface area contributed by atoms with E-state index in [2.05, 4.69) is 35.7 Å². The van der Waals surface area contributed by atoms with Crippen molar-refractivity contribution in [2.75, 3.05) is 7.11 Å². The molecule has 0 radical (unpaired) electrons. The zero-order valence-corrected chi connectivity index (χ0v) is 28.5. The molecule has 0 aromatic carbocycles. The second-order valence-corrected chi connectivity index (χ2v) is 12.5. The van der Waals surface area contributed by atoms with Crippen LogP contribution in [-0.2, 0) is 14.3 Å². The molecule has 0 fully saturated rings. The third-order valence-electron chi connectivity index (χ3n) is 7.54. The molecular formula is C31H39N7O8S. The summed E-state index contributed by atoms with van der Waals surface area (Å²) in [6.07, 6.45) is 2.04. The minimum atomic E-state index is -0.832. The smallest absolute Gasteiger partial charge is 0.328 e. The number of nitrogens with one attached hydrogen (secondary N) is 2. The van der Waals surface area contributed by atoms with Crippen LogP contribution in [-0.4, -0.2) is 61.8 Å². The summed E-state index contributed by atoms with van der Waals surface area (Å²) in [7, 11) is 1.27. The minimum absolute atomic E-state index is 0.00794. The van der Waals surface area contributed by atoms with Crippen LogP contribution in [0.15, 0.2) is 30.1 Å². The molecule has 4 aromatic heterocycles. The third-order valence-corrected chi connectivity index (χ3v) is 8.39. The Balaban J connectivity index is 1.54. The van der Waals surface area contributed by atoms with Crippen molar-refractivity contribution in [1.29, 1.82) is 0 Å². The monoisotopic (exact) mass is 669 g/mol. The molecule has 4 heterocycles. The number of methoxy groups -OCH3 is 1. The van der Waals surface area contributed by atoms with E-state index in [-0.39, 0.29) is 52.6 Å². The van der Waals surface area contributed by atoms with Gasteiger partial charge in [0.15, 0.2) is 11.4 Å². The fourth-order valence-corrected chi connectivity index (χ4v) is 5.42. The number of oxime groups is 1. The Bertz CT molecular complexity index is 1770. The molecule has 3 N–H and O–H groups in total. The van der Waals surface area contributed by atoms with E-state index in [1.54, 1.807) is 33.1 Å². The Morgan fingerprint density at radius 2 is 1.66 bits per heavy atom. The van der Waals surface area contributed by atoms with Crippen LogP contribution in [0.4, 0.5) is 0 Å². The topological polar surface area (TPSA) is 208 Å². The van der Waals surface area contributed by atoms with E-state index in [4.69, 9.17) is 18.0 Å². The van der Waals surface area contributed by atoms with E-state index in [0.29, 0.717) is 34.3 Å². The highest BCUT2D eigenvalue weighted by molar-refractivity contribution is 7.13. The van der Waals surface area contributed by atoms with E-state index in [1.165, 1.54) is 24.7 Å². The van der Waals surface area contributed by atoms with Gasteiger partial charge in [0.05, 0.1) is 7.11 Å². The Morgan fingerprint density at radius 1 is 0.979 bits per heavy atom. The highest BCUT2D eigenvalue weighted by atomic mass is 32.1. The fourth-order valence-electron chi connectivity index (χ4n) is 4.59. The molecule has 4 rings (SSSR count). The molecule has 0 saturated carbocycles. The molecule has 2 amide bonds. The Kier molecular flexibility index (Phi) is 11.0. The van der Waals surface area contributed by atoms with Gasteiger partial charge in [-0.05, 0) is 25.7 Å². The van der Waals surface area contributed by atoms with E-state index in [0.717, 1.165) is 0 Å². The second kappa shape index (κ2) is 14.7. The van der Waals surface area contributed by atoms with Gasteiger partial charge in [-0.25, -0.2) is 24.7 Å². The number of hydrogen-bond donors (Lipinski definition) is 3. The third kappa shape index (κ3) is 7.59. The van der Waals surface area contributed by atoms with Gasteiger partial charge in [-0.3, -0.25) is 9.59 Å². The van der Waals surface area contributed by atoms with Gasteiger partial charge in [-0.1, -0.05) is 53.1 Å². The first-order valence-electron chi connectivity index (χ1n) is 15.1. The summed E-state index contributed by atoms with van der Waals surface area (Å²) in [5.41, 5.74) is 1.19. The average Bonchev–Trinajstić information content (AvgIpc) is 3.84. The number of oxazole rings is 3. The standard InChI is InChI=1S/C31H39N7O8S/c1-10-15(6)22(31(41)43-9)35-26(40)23-16(7)45-28(36-23)19-12-47-30(33-19)24-17(8)46-27(37-24)18-11-44-29(32-18)21(14(4)5)34-25(39)20(38-42)13(2)3/h11-15,21-22,42H,10H2,1-9H3,(H,34,39)(H,35,40). The van der Waals surface area contributed by atoms with Crippen molar-refractivity contribution >= 4 is 34.8 Å². The normalized spacial score (nSPS) is 13.9. The zero-order chi connectivity index (χ0) is 34.6. The van der Waals surface area contributed by atoms with Crippen LogP contribution >= 0.6 is 11.3 Å². The Labute approximate surface area is 275 Å². The molecule has 0 bridgehead atoms. The number of carbonyl (C=O) groups is 3. The van der Waals surface area contributed by atoms with E-state index < -0.39 is 29.9 Å². The van der Waals surface area contributed by atoms with Gasteiger partial charge in [-0.15, -0.1) is 11.3 Å². The van der Waals surface area contributed by atoms with E-state index >= 15 is 0 Å². The number of aromatic nitrogens is 4. The number of amides is 2. The lowest BCUT2D eigenvalue weighted by Gasteiger charge is -2.21. The first-order chi connectivity index (χ1) is 22.3. The average molecular weight is 670 g/mol. The Morgan fingerprint density at radius 3 is 2.28 bits per heavy atom. The quantitative estimate of drug-likeness (QED) is 0.0713. The van der Waals surface area contributed by atoms with Gasteiger partial charge in [0.25, 0.3) is 11.8 Å². The largest absolute Gasteiger partial charge is 0.467 e. The van der Waals surface area contributed by atoms with Gasteiger partial charge < -0.3 is 33.8 Å². The summed E-state index contributed by atoms with van der Waals surface area (Å²) in [6.45, 7) is 14.4. The van der Waals surface area contributed by atoms with Gasteiger partial charge >= 0.3 is 5.97 Å².